The van der Waals surface area contributed by atoms with Crippen molar-refractivity contribution in [1.82, 2.24) is 19.9 Å². The van der Waals surface area contributed by atoms with E-state index in [-0.39, 0.29) is 23.2 Å². The van der Waals surface area contributed by atoms with Gasteiger partial charge in [0.25, 0.3) is 5.91 Å². The fourth-order valence-electron chi connectivity index (χ4n) is 4.46. The lowest BCUT2D eigenvalue weighted by Crippen LogP contribution is -2.34. The molecule has 3 rings (SSSR count). The van der Waals surface area contributed by atoms with Crippen LogP contribution in [0.25, 0.3) is 5.82 Å². The number of carbonyl (C=O) groups is 1. The largest absolute Gasteiger partial charge is 0.394 e. The van der Waals surface area contributed by atoms with E-state index in [2.05, 4.69) is 22.2 Å². The first-order valence-electron chi connectivity index (χ1n) is 11.9. The standard InChI is InChI=1S/C25H34ClF3N4O/c1-6-19-32-20(23(34)31-13-17-9-7-15(2)8-10-17)21(26)33(19)22-16(3)11-18(14-30-22)12-24(4,5)25(27,28)29/h11,14-15,17H,6-10,12-13H2,1-5H3,(H,31,34). The number of pyridine rings is 1. The number of rotatable bonds is 7. The summed E-state index contributed by atoms with van der Waals surface area (Å²) in [6, 6.07) is 1.69. The smallest absolute Gasteiger partial charge is 0.350 e. The van der Waals surface area contributed by atoms with E-state index >= 15 is 0 Å². The van der Waals surface area contributed by atoms with Crippen molar-refractivity contribution in [3.63, 3.8) is 0 Å². The van der Waals surface area contributed by atoms with Gasteiger partial charge in [-0.25, -0.2) is 9.97 Å². The first-order chi connectivity index (χ1) is 15.8. The molecule has 34 heavy (non-hydrogen) atoms. The molecule has 2 aromatic rings. The highest BCUT2D eigenvalue weighted by atomic mass is 35.5. The monoisotopic (exact) mass is 498 g/mol. The van der Waals surface area contributed by atoms with Gasteiger partial charge in [-0.05, 0) is 49.1 Å². The van der Waals surface area contributed by atoms with Crippen LogP contribution in [0.3, 0.4) is 0 Å². The van der Waals surface area contributed by atoms with Gasteiger partial charge in [-0.2, -0.15) is 13.2 Å². The van der Waals surface area contributed by atoms with Gasteiger partial charge in [-0.1, -0.05) is 58.2 Å². The second-order valence-corrected chi connectivity index (χ2v) is 10.6. The second kappa shape index (κ2) is 10.3. The fourth-order valence-corrected chi connectivity index (χ4v) is 4.77. The highest BCUT2D eigenvalue weighted by Crippen LogP contribution is 2.40. The summed E-state index contributed by atoms with van der Waals surface area (Å²) < 4.78 is 41.5. The van der Waals surface area contributed by atoms with Gasteiger partial charge in [0, 0.05) is 19.2 Å². The quantitative estimate of drug-likeness (QED) is 0.475. The van der Waals surface area contributed by atoms with Crippen LogP contribution in [0.4, 0.5) is 13.2 Å². The Morgan fingerprint density at radius 1 is 1.24 bits per heavy atom. The summed E-state index contributed by atoms with van der Waals surface area (Å²) in [7, 11) is 0. The van der Waals surface area contributed by atoms with Crippen molar-refractivity contribution in [1.29, 1.82) is 0 Å². The Bertz CT molecular complexity index is 1020. The van der Waals surface area contributed by atoms with Gasteiger partial charge in [0.2, 0.25) is 0 Å². The molecule has 1 aliphatic rings. The maximum atomic E-state index is 13.3. The van der Waals surface area contributed by atoms with E-state index in [1.807, 2.05) is 6.92 Å². The summed E-state index contributed by atoms with van der Waals surface area (Å²) in [4.78, 5) is 21.8. The summed E-state index contributed by atoms with van der Waals surface area (Å²) in [5.41, 5.74) is -0.581. The van der Waals surface area contributed by atoms with Crippen molar-refractivity contribution in [3.05, 3.63) is 40.1 Å². The predicted octanol–water partition coefficient (Wildman–Crippen LogP) is 6.48. The zero-order chi connectivity index (χ0) is 25.3. The molecule has 0 aliphatic heterocycles. The summed E-state index contributed by atoms with van der Waals surface area (Å²) in [6.45, 7) is 8.87. The highest BCUT2D eigenvalue weighted by molar-refractivity contribution is 6.32. The summed E-state index contributed by atoms with van der Waals surface area (Å²) in [6.07, 6.45) is 2.01. The predicted molar refractivity (Wildman–Crippen MR) is 127 cm³/mol. The molecule has 1 aliphatic carbocycles. The van der Waals surface area contributed by atoms with Crippen molar-refractivity contribution in [2.75, 3.05) is 6.54 Å². The van der Waals surface area contributed by atoms with Gasteiger partial charge < -0.3 is 5.32 Å². The van der Waals surface area contributed by atoms with E-state index in [1.165, 1.54) is 32.9 Å². The number of carbonyl (C=O) groups excluding carboxylic acids is 1. The second-order valence-electron chi connectivity index (χ2n) is 10.2. The number of hydrogen-bond acceptors (Lipinski definition) is 3. The van der Waals surface area contributed by atoms with Crippen LogP contribution in [0.1, 0.15) is 80.8 Å². The molecule has 5 nitrogen and oxygen atoms in total. The molecule has 0 saturated heterocycles. The minimum atomic E-state index is -4.32. The van der Waals surface area contributed by atoms with Gasteiger partial charge in [0.05, 0.1) is 5.41 Å². The van der Waals surface area contributed by atoms with E-state index in [1.54, 1.807) is 17.6 Å². The SMILES string of the molecule is CCc1nc(C(=O)NCC2CCC(C)CC2)c(Cl)n1-c1ncc(CC(C)(C)C(F)(F)F)cc1C. The number of hydrogen-bond donors (Lipinski definition) is 1. The Balaban J connectivity index is 1.81. The fraction of sp³-hybridized carbons (Fsp3) is 0.640. The average molecular weight is 499 g/mol. The minimum Gasteiger partial charge on any atom is -0.350 e. The van der Waals surface area contributed by atoms with Gasteiger partial charge in [-0.15, -0.1) is 0 Å². The normalized spacial score (nSPS) is 19.3. The molecule has 0 unspecified atom stereocenters. The van der Waals surface area contributed by atoms with Crippen LogP contribution in [-0.4, -0.2) is 33.2 Å². The molecule has 2 aromatic heterocycles. The molecule has 1 amide bonds. The third-order valence-electron chi connectivity index (χ3n) is 6.84. The van der Waals surface area contributed by atoms with Crippen molar-refractivity contribution in [2.24, 2.45) is 17.3 Å². The Morgan fingerprint density at radius 2 is 1.88 bits per heavy atom. The first kappa shape index (κ1) is 26.5. The molecular formula is C25H34ClF3N4O. The lowest BCUT2D eigenvalue weighted by molar-refractivity contribution is -0.211. The van der Waals surface area contributed by atoms with Crippen molar-refractivity contribution >= 4 is 17.5 Å². The van der Waals surface area contributed by atoms with Crippen LogP contribution in [0, 0.1) is 24.2 Å². The van der Waals surface area contributed by atoms with Gasteiger partial charge in [0.15, 0.2) is 5.69 Å². The molecular weight excluding hydrogens is 465 g/mol. The van der Waals surface area contributed by atoms with Crippen molar-refractivity contribution in [2.45, 2.75) is 79.3 Å². The lowest BCUT2D eigenvalue weighted by Gasteiger charge is -2.27. The van der Waals surface area contributed by atoms with E-state index in [4.69, 9.17) is 11.6 Å². The van der Waals surface area contributed by atoms with Crippen LogP contribution in [0.2, 0.25) is 5.15 Å². The summed E-state index contributed by atoms with van der Waals surface area (Å²) >= 11 is 6.61. The third kappa shape index (κ3) is 5.75. The van der Waals surface area contributed by atoms with E-state index < -0.39 is 11.6 Å². The number of amides is 1. The molecule has 0 bridgehead atoms. The van der Waals surface area contributed by atoms with E-state index in [0.717, 1.165) is 18.8 Å². The molecule has 0 radical (unpaired) electrons. The Kier molecular flexibility index (Phi) is 8.00. The Labute approximate surface area is 204 Å². The maximum absolute atomic E-state index is 13.3. The molecule has 2 heterocycles. The van der Waals surface area contributed by atoms with Crippen LogP contribution in [0.5, 0.6) is 0 Å². The molecule has 1 saturated carbocycles. The summed E-state index contributed by atoms with van der Waals surface area (Å²) in [5, 5.41) is 3.14. The number of nitrogens with one attached hydrogen (secondary N) is 1. The van der Waals surface area contributed by atoms with Gasteiger partial charge >= 0.3 is 6.18 Å². The molecule has 188 valence electrons. The third-order valence-corrected chi connectivity index (χ3v) is 7.19. The van der Waals surface area contributed by atoms with E-state index in [0.29, 0.717) is 41.7 Å². The molecule has 0 atom stereocenters. The van der Waals surface area contributed by atoms with Crippen LogP contribution < -0.4 is 5.32 Å². The van der Waals surface area contributed by atoms with Crippen molar-refractivity contribution < 1.29 is 18.0 Å². The van der Waals surface area contributed by atoms with Crippen LogP contribution >= 0.6 is 11.6 Å². The number of aryl methyl sites for hydroxylation is 2. The van der Waals surface area contributed by atoms with Crippen LogP contribution in [-0.2, 0) is 12.8 Å². The number of halogens is 4. The van der Waals surface area contributed by atoms with Gasteiger partial charge in [0.1, 0.15) is 16.8 Å². The number of alkyl halides is 3. The number of imidazole rings is 1. The van der Waals surface area contributed by atoms with E-state index in [9.17, 15) is 18.0 Å². The Hall–Kier alpha value is -2.09. The van der Waals surface area contributed by atoms with Gasteiger partial charge in [-0.3, -0.25) is 9.36 Å². The summed E-state index contributed by atoms with van der Waals surface area (Å²) in [5.74, 6) is 1.91. The molecule has 0 aromatic carbocycles. The van der Waals surface area contributed by atoms with Crippen molar-refractivity contribution in [3.8, 4) is 5.82 Å². The Morgan fingerprint density at radius 3 is 2.44 bits per heavy atom. The zero-order valence-electron chi connectivity index (χ0n) is 20.5. The molecule has 0 spiro atoms. The molecule has 1 N–H and O–H groups in total. The molecule has 9 heteroatoms. The maximum Gasteiger partial charge on any atom is 0.394 e. The average Bonchev–Trinajstić information content (AvgIpc) is 3.08. The molecule has 1 fully saturated rings. The number of aromatic nitrogens is 3. The topological polar surface area (TPSA) is 59.8 Å². The first-order valence-corrected chi connectivity index (χ1v) is 12.3. The minimum absolute atomic E-state index is 0.145. The number of nitrogens with zero attached hydrogens (tertiary/aromatic N) is 3. The zero-order valence-corrected chi connectivity index (χ0v) is 21.3. The lowest BCUT2D eigenvalue weighted by atomic mass is 9.83. The van der Waals surface area contributed by atoms with Crippen LogP contribution in [0.15, 0.2) is 12.3 Å². The highest BCUT2D eigenvalue weighted by Gasteiger charge is 2.47.